The fourth-order valence-electron chi connectivity index (χ4n) is 1.31. The van der Waals surface area contributed by atoms with Crippen molar-refractivity contribution in [1.29, 1.82) is 0 Å². The van der Waals surface area contributed by atoms with Crippen molar-refractivity contribution in [2.24, 2.45) is 0 Å². The normalized spacial score (nSPS) is 11.5. The maximum Gasteiger partial charge on any atom is 0.225 e. The van der Waals surface area contributed by atoms with Crippen LogP contribution in [0.2, 0.25) is 0 Å². The molecule has 1 aromatic rings. The first-order valence-electron chi connectivity index (χ1n) is 6.42. The van der Waals surface area contributed by atoms with Crippen molar-refractivity contribution in [3.05, 3.63) is 24.3 Å². The van der Waals surface area contributed by atoms with E-state index in [4.69, 9.17) is 17.0 Å². The average Bonchev–Trinajstić information content (AvgIpc) is 2.40. The van der Waals surface area contributed by atoms with Gasteiger partial charge in [-0.05, 0) is 49.8 Å². The molecule has 0 bridgehead atoms. The molecule has 0 aliphatic heterocycles. The standard InChI is InChI=1S/C14H20N2O2S/c1-4-10(3)18-12-8-6-11(7-9-12)15-14(19)16-13(17)5-2/h6-10H,4-5H2,1-3H3,(H2,15,16,17,19). The minimum Gasteiger partial charge on any atom is -0.491 e. The predicted octanol–water partition coefficient (Wildman–Crippen LogP) is 3.09. The molecule has 1 rings (SSSR count). The Balaban J connectivity index is 2.52. The van der Waals surface area contributed by atoms with Crippen LogP contribution in [0, 0.1) is 0 Å². The van der Waals surface area contributed by atoms with E-state index in [0.717, 1.165) is 17.9 Å². The number of thiocarbonyl (C=S) groups is 1. The van der Waals surface area contributed by atoms with Crippen LogP contribution >= 0.6 is 12.2 Å². The van der Waals surface area contributed by atoms with Crippen molar-refractivity contribution in [3.8, 4) is 5.75 Å². The zero-order valence-electron chi connectivity index (χ0n) is 11.5. The second kappa shape index (κ2) is 7.74. The lowest BCUT2D eigenvalue weighted by Gasteiger charge is -2.13. The van der Waals surface area contributed by atoms with Gasteiger partial charge in [-0.15, -0.1) is 0 Å². The van der Waals surface area contributed by atoms with Gasteiger partial charge >= 0.3 is 0 Å². The Labute approximate surface area is 119 Å². The molecular formula is C14H20N2O2S. The molecule has 0 spiro atoms. The van der Waals surface area contributed by atoms with E-state index in [-0.39, 0.29) is 12.0 Å². The van der Waals surface area contributed by atoms with Crippen molar-refractivity contribution in [2.45, 2.75) is 39.7 Å². The molecule has 0 saturated carbocycles. The van der Waals surface area contributed by atoms with E-state index in [1.54, 1.807) is 6.92 Å². The third kappa shape index (κ3) is 5.70. The van der Waals surface area contributed by atoms with Gasteiger partial charge in [-0.25, -0.2) is 0 Å². The number of hydrogen-bond acceptors (Lipinski definition) is 3. The van der Waals surface area contributed by atoms with Crippen LogP contribution in [0.3, 0.4) is 0 Å². The molecular weight excluding hydrogens is 260 g/mol. The largest absolute Gasteiger partial charge is 0.491 e. The topological polar surface area (TPSA) is 50.4 Å². The van der Waals surface area contributed by atoms with Gasteiger partial charge in [0.25, 0.3) is 0 Å². The highest BCUT2D eigenvalue weighted by atomic mass is 32.1. The average molecular weight is 280 g/mol. The van der Waals surface area contributed by atoms with E-state index in [9.17, 15) is 4.79 Å². The molecule has 0 heterocycles. The smallest absolute Gasteiger partial charge is 0.225 e. The number of carbonyl (C=O) groups is 1. The number of nitrogens with one attached hydrogen (secondary N) is 2. The Kier molecular flexibility index (Phi) is 6.29. The fraction of sp³-hybridized carbons (Fsp3) is 0.429. The summed E-state index contributed by atoms with van der Waals surface area (Å²) in [7, 11) is 0. The molecule has 0 fully saturated rings. The van der Waals surface area contributed by atoms with Crippen molar-refractivity contribution < 1.29 is 9.53 Å². The van der Waals surface area contributed by atoms with Gasteiger partial charge in [-0.3, -0.25) is 4.79 Å². The first kappa shape index (κ1) is 15.4. The number of amides is 1. The van der Waals surface area contributed by atoms with Gasteiger partial charge in [0.2, 0.25) is 5.91 Å². The molecule has 2 N–H and O–H groups in total. The van der Waals surface area contributed by atoms with Crippen LogP contribution < -0.4 is 15.4 Å². The predicted molar refractivity (Wildman–Crippen MR) is 81.5 cm³/mol. The van der Waals surface area contributed by atoms with Crippen molar-refractivity contribution in [2.75, 3.05) is 5.32 Å². The highest BCUT2D eigenvalue weighted by Crippen LogP contribution is 2.17. The molecule has 5 heteroatoms. The Morgan fingerprint density at radius 2 is 1.95 bits per heavy atom. The Bertz CT molecular complexity index is 432. The van der Waals surface area contributed by atoms with Gasteiger partial charge in [0.1, 0.15) is 5.75 Å². The summed E-state index contributed by atoms with van der Waals surface area (Å²) in [5, 5.41) is 5.84. The van der Waals surface area contributed by atoms with Crippen LogP contribution in [0.5, 0.6) is 5.75 Å². The molecule has 0 aliphatic carbocycles. The molecule has 4 nitrogen and oxygen atoms in total. The Morgan fingerprint density at radius 3 is 2.47 bits per heavy atom. The van der Waals surface area contributed by atoms with Gasteiger partial charge in [0.05, 0.1) is 6.10 Å². The SMILES string of the molecule is CCC(=O)NC(=S)Nc1ccc(OC(C)CC)cc1. The van der Waals surface area contributed by atoms with Crippen LogP contribution in [-0.2, 0) is 4.79 Å². The molecule has 0 radical (unpaired) electrons. The number of anilines is 1. The second-order valence-corrected chi connectivity index (χ2v) is 4.63. The molecule has 19 heavy (non-hydrogen) atoms. The van der Waals surface area contributed by atoms with Crippen LogP contribution in [-0.4, -0.2) is 17.1 Å². The zero-order chi connectivity index (χ0) is 14.3. The third-order valence-electron chi connectivity index (χ3n) is 2.60. The van der Waals surface area contributed by atoms with Crippen molar-refractivity contribution in [3.63, 3.8) is 0 Å². The summed E-state index contributed by atoms with van der Waals surface area (Å²) in [5.41, 5.74) is 0.818. The summed E-state index contributed by atoms with van der Waals surface area (Å²) >= 11 is 5.03. The van der Waals surface area contributed by atoms with E-state index in [2.05, 4.69) is 17.6 Å². The summed E-state index contributed by atoms with van der Waals surface area (Å²) in [4.78, 5) is 11.2. The summed E-state index contributed by atoms with van der Waals surface area (Å²) in [6, 6.07) is 7.47. The zero-order valence-corrected chi connectivity index (χ0v) is 12.3. The highest BCUT2D eigenvalue weighted by Gasteiger charge is 2.03. The maximum absolute atomic E-state index is 11.2. The molecule has 1 amide bonds. The van der Waals surface area contributed by atoms with Gasteiger partial charge in [0, 0.05) is 12.1 Å². The van der Waals surface area contributed by atoms with Crippen molar-refractivity contribution in [1.82, 2.24) is 5.32 Å². The van der Waals surface area contributed by atoms with E-state index in [1.807, 2.05) is 31.2 Å². The minimum atomic E-state index is -0.103. The van der Waals surface area contributed by atoms with Gasteiger partial charge < -0.3 is 15.4 Å². The summed E-state index contributed by atoms with van der Waals surface area (Å²) in [6.45, 7) is 5.88. The van der Waals surface area contributed by atoms with E-state index >= 15 is 0 Å². The lowest BCUT2D eigenvalue weighted by Crippen LogP contribution is -2.33. The second-order valence-electron chi connectivity index (χ2n) is 4.22. The van der Waals surface area contributed by atoms with Crippen LogP contribution in [0.1, 0.15) is 33.6 Å². The van der Waals surface area contributed by atoms with Crippen LogP contribution in [0.4, 0.5) is 5.69 Å². The quantitative estimate of drug-likeness (QED) is 0.814. The van der Waals surface area contributed by atoms with Gasteiger partial charge in [0.15, 0.2) is 5.11 Å². The molecule has 1 atom stereocenters. The fourth-order valence-corrected chi connectivity index (χ4v) is 1.54. The summed E-state index contributed by atoms with van der Waals surface area (Å²) in [6.07, 6.45) is 1.57. The lowest BCUT2D eigenvalue weighted by atomic mass is 10.3. The minimum absolute atomic E-state index is 0.103. The first-order chi connectivity index (χ1) is 9.05. The number of ether oxygens (including phenoxy) is 1. The van der Waals surface area contributed by atoms with Crippen LogP contribution in [0.25, 0.3) is 0 Å². The Morgan fingerprint density at radius 1 is 1.32 bits per heavy atom. The van der Waals surface area contributed by atoms with E-state index < -0.39 is 0 Å². The number of carbonyl (C=O) groups excluding carboxylic acids is 1. The third-order valence-corrected chi connectivity index (χ3v) is 2.80. The molecule has 0 saturated heterocycles. The Hall–Kier alpha value is -1.62. The molecule has 104 valence electrons. The number of hydrogen-bond donors (Lipinski definition) is 2. The van der Waals surface area contributed by atoms with Crippen LogP contribution in [0.15, 0.2) is 24.3 Å². The van der Waals surface area contributed by atoms with E-state index in [1.165, 1.54) is 0 Å². The summed E-state index contributed by atoms with van der Waals surface area (Å²) in [5.74, 6) is 0.720. The molecule has 0 aliphatic rings. The number of benzene rings is 1. The number of rotatable bonds is 5. The monoisotopic (exact) mass is 280 g/mol. The molecule has 1 aromatic carbocycles. The van der Waals surface area contributed by atoms with Crippen molar-refractivity contribution >= 4 is 28.9 Å². The van der Waals surface area contributed by atoms with Gasteiger partial charge in [-0.1, -0.05) is 13.8 Å². The summed E-state index contributed by atoms with van der Waals surface area (Å²) < 4.78 is 5.68. The van der Waals surface area contributed by atoms with E-state index in [0.29, 0.717) is 11.5 Å². The molecule has 0 aromatic heterocycles. The first-order valence-corrected chi connectivity index (χ1v) is 6.83. The maximum atomic E-state index is 11.2. The lowest BCUT2D eigenvalue weighted by molar-refractivity contribution is -0.119. The molecule has 1 unspecified atom stereocenters. The van der Waals surface area contributed by atoms with Gasteiger partial charge in [-0.2, -0.15) is 0 Å². The highest BCUT2D eigenvalue weighted by molar-refractivity contribution is 7.80.